The van der Waals surface area contributed by atoms with Crippen LogP contribution in [0.1, 0.15) is 19.8 Å². The first-order valence-corrected chi connectivity index (χ1v) is 6.13. The summed E-state index contributed by atoms with van der Waals surface area (Å²) in [5.74, 6) is -0.155. The lowest BCUT2D eigenvalue weighted by molar-refractivity contribution is -0.117. The van der Waals surface area contributed by atoms with Crippen molar-refractivity contribution in [3.8, 4) is 0 Å². The number of amides is 1. The Morgan fingerprint density at radius 3 is 2.94 bits per heavy atom. The molecule has 18 heavy (non-hydrogen) atoms. The highest BCUT2D eigenvalue weighted by Crippen LogP contribution is 2.30. The van der Waals surface area contributed by atoms with Crippen LogP contribution in [-0.2, 0) is 11.3 Å². The summed E-state index contributed by atoms with van der Waals surface area (Å²) in [5.41, 5.74) is 1.94. The van der Waals surface area contributed by atoms with Gasteiger partial charge in [0.2, 0.25) is 5.91 Å². The number of oxazole rings is 1. The molecule has 1 fully saturated rings. The number of carbonyl (C=O) groups excluding carboxylic acids is 1. The Hall–Kier alpha value is -2.04. The van der Waals surface area contributed by atoms with Crippen molar-refractivity contribution in [1.82, 2.24) is 4.57 Å². The van der Waals surface area contributed by atoms with Crippen LogP contribution in [0, 0.1) is 5.92 Å². The van der Waals surface area contributed by atoms with E-state index in [4.69, 9.17) is 4.42 Å². The molecule has 1 amide bonds. The molecule has 0 bridgehead atoms. The second-order valence-electron chi connectivity index (χ2n) is 4.56. The standard InChI is InChI=1S/C13H14N2O3/c1-2-15-10-6-5-9(7-11(10)18-13(15)17)14-12(16)8-3-4-8/h5-8H,2-4H2,1H3,(H,14,16). The fourth-order valence-corrected chi connectivity index (χ4v) is 2.03. The summed E-state index contributed by atoms with van der Waals surface area (Å²) in [6, 6.07) is 5.29. The quantitative estimate of drug-likeness (QED) is 0.900. The first-order chi connectivity index (χ1) is 8.69. The smallest absolute Gasteiger partial charge is 0.408 e. The van der Waals surface area contributed by atoms with E-state index in [0.717, 1.165) is 18.4 Å². The van der Waals surface area contributed by atoms with E-state index in [-0.39, 0.29) is 17.6 Å². The van der Waals surface area contributed by atoms with Crippen LogP contribution < -0.4 is 11.1 Å². The molecule has 1 aromatic heterocycles. The number of hydrogen-bond donors (Lipinski definition) is 1. The van der Waals surface area contributed by atoms with Gasteiger partial charge in [0.1, 0.15) is 0 Å². The molecule has 0 unspecified atom stereocenters. The Bertz CT molecular complexity index is 664. The molecular formula is C13H14N2O3. The van der Waals surface area contributed by atoms with Gasteiger partial charge >= 0.3 is 5.76 Å². The van der Waals surface area contributed by atoms with Crippen molar-refractivity contribution in [3.05, 3.63) is 28.7 Å². The van der Waals surface area contributed by atoms with Crippen LogP contribution in [0.5, 0.6) is 0 Å². The highest BCUT2D eigenvalue weighted by Gasteiger charge is 2.29. The minimum absolute atomic E-state index is 0.0478. The van der Waals surface area contributed by atoms with Crippen LogP contribution in [0.15, 0.2) is 27.4 Å². The van der Waals surface area contributed by atoms with Gasteiger partial charge in [-0.3, -0.25) is 9.36 Å². The lowest BCUT2D eigenvalue weighted by atomic mass is 10.2. The van der Waals surface area contributed by atoms with Gasteiger partial charge in [-0.05, 0) is 31.9 Å². The molecule has 1 aliphatic carbocycles. The normalized spacial score (nSPS) is 14.9. The molecule has 2 aromatic rings. The van der Waals surface area contributed by atoms with Crippen LogP contribution in [0.25, 0.3) is 11.1 Å². The molecule has 0 aliphatic heterocycles. The van der Waals surface area contributed by atoms with E-state index in [1.165, 1.54) is 0 Å². The summed E-state index contributed by atoms with van der Waals surface area (Å²) in [6.07, 6.45) is 1.94. The number of anilines is 1. The van der Waals surface area contributed by atoms with Crippen LogP contribution in [0.2, 0.25) is 0 Å². The van der Waals surface area contributed by atoms with Crippen molar-refractivity contribution in [2.45, 2.75) is 26.3 Å². The molecule has 0 atom stereocenters. The van der Waals surface area contributed by atoms with E-state index < -0.39 is 0 Å². The maximum absolute atomic E-state index is 11.6. The number of aryl methyl sites for hydroxylation is 1. The minimum atomic E-state index is -0.363. The van der Waals surface area contributed by atoms with Gasteiger partial charge in [0, 0.05) is 24.2 Å². The SMILES string of the molecule is CCn1c(=O)oc2cc(NC(=O)C3CC3)ccc21. The number of nitrogens with one attached hydrogen (secondary N) is 1. The van der Waals surface area contributed by atoms with Gasteiger partial charge in [-0.2, -0.15) is 0 Å². The summed E-state index contributed by atoms with van der Waals surface area (Å²) >= 11 is 0. The van der Waals surface area contributed by atoms with Crippen molar-refractivity contribution >= 4 is 22.7 Å². The third-order valence-electron chi connectivity index (χ3n) is 3.20. The molecule has 1 aliphatic rings. The van der Waals surface area contributed by atoms with Crippen LogP contribution in [-0.4, -0.2) is 10.5 Å². The third kappa shape index (κ3) is 1.81. The molecule has 94 valence electrons. The Morgan fingerprint density at radius 2 is 2.28 bits per heavy atom. The Kier molecular flexibility index (Phi) is 2.47. The Labute approximate surface area is 103 Å². The first kappa shape index (κ1) is 11.1. The lowest BCUT2D eigenvalue weighted by Gasteiger charge is -2.03. The second-order valence-corrected chi connectivity index (χ2v) is 4.56. The van der Waals surface area contributed by atoms with Gasteiger partial charge in [-0.15, -0.1) is 0 Å². The largest absolute Gasteiger partial charge is 0.419 e. The summed E-state index contributed by atoms with van der Waals surface area (Å²) in [6.45, 7) is 2.46. The molecule has 0 radical (unpaired) electrons. The summed E-state index contributed by atoms with van der Waals surface area (Å²) in [7, 11) is 0. The number of hydrogen-bond acceptors (Lipinski definition) is 3. The predicted octanol–water partition coefficient (Wildman–Crippen LogP) is 1.96. The molecule has 3 rings (SSSR count). The fraction of sp³-hybridized carbons (Fsp3) is 0.385. The van der Waals surface area contributed by atoms with Crippen LogP contribution >= 0.6 is 0 Å². The van der Waals surface area contributed by atoms with E-state index in [0.29, 0.717) is 17.8 Å². The Balaban J connectivity index is 1.95. The zero-order valence-corrected chi connectivity index (χ0v) is 10.1. The second kappa shape index (κ2) is 4.01. The first-order valence-electron chi connectivity index (χ1n) is 6.13. The van der Waals surface area contributed by atoms with E-state index in [2.05, 4.69) is 5.32 Å². The van der Waals surface area contributed by atoms with Crippen molar-refractivity contribution in [3.63, 3.8) is 0 Å². The number of fused-ring (bicyclic) bond motifs is 1. The molecule has 5 heteroatoms. The van der Waals surface area contributed by atoms with Gasteiger partial charge in [-0.25, -0.2) is 4.79 Å². The summed E-state index contributed by atoms with van der Waals surface area (Å²) in [5, 5.41) is 2.83. The van der Waals surface area contributed by atoms with Crippen LogP contribution in [0.4, 0.5) is 5.69 Å². The van der Waals surface area contributed by atoms with Crippen molar-refractivity contribution in [2.24, 2.45) is 5.92 Å². The number of nitrogens with zero attached hydrogens (tertiary/aromatic N) is 1. The number of rotatable bonds is 3. The highest BCUT2D eigenvalue weighted by molar-refractivity contribution is 5.95. The topological polar surface area (TPSA) is 64.2 Å². The number of aromatic nitrogens is 1. The summed E-state index contributed by atoms with van der Waals surface area (Å²) < 4.78 is 6.70. The van der Waals surface area contributed by atoms with E-state index in [1.54, 1.807) is 22.8 Å². The zero-order valence-electron chi connectivity index (χ0n) is 10.1. The van der Waals surface area contributed by atoms with Gasteiger partial charge in [0.05, 0.1) is 5.52 Å². The molecule has 1 N–H and O–H groups in total. The average Bonchev–Trinajstić information content (AvgIpc) is 3.12. The Morgan fingerprint density at radius 1 is 1.50 bits per heavy atom. The van der Waals surface area contributed by atoms with Gasteiger partial charge in [-0.1, -0.05) is 0 Å². The lowest BCUT2D eigenvalue weighted by Crippen LogP contribution is -2.13. The monoisotopic (exact) mass is 246 g/mol. The predicted molar refractivity (Wildman–Crippen MR) is 67.5 cm³/mol. The molecule has 1 heterocycles. The van der Waals surface area contributed by atoms with E-state index in [9.17, 15) is 9.59 Å². The molecule has 1 saturated carbocycles. The maximum atomic E-state index is 11.6. The minimum Gasteiger partial charge on any atom is -0.408 e. The molecular weight excluding hydrogens is 232 g/mol. The maximum Gasteiger partial charge on any atom is 0.419 e. The van der Waals surface area contributed by atoms with E-state index in [1.807, 2.05) is 6.92 Å². The van der Waals surface area contributed by atoms with Gasteiger partial charge in [0.15, 0.2) is 5.58 Å². The average molecular weight is 246 g/mol. The van der Waals surface area contributed by atoms with Gasteiger partial charge < -0.3 is 9.73 Å². The van der Waals surface area contributed by atoms with Crippen LogP contribution in [0.3, 0.4) is 0 Å². The fourth-order valence-electron chi connectivity index (χ4n) is 2.03. The summed E-state index contributed by atoms with van der Waals surface area (Å²) in [4.78, 5) is 23.2. The van der Waals surface area contributed by atoms with Crippen molar-refractivity contribution in [1.29, 1.82) is 0 Å². The number of benzene rings is 1. The van der Waals surface area contributed by atoms with E-state index >= 15 is 0 Å². The highest BCUT2D eigenvalue weighted by atomic mass is 16.4. The number of carbonyl (C=O) groups is 1. The molecule has 0 saturated heterocycles. The molecule has 1 aromatic carbocycles. The molecule has 5 nitrogen and oxygen atoms in total. The van der Waals surface area contributed by atoms with Crippen molar-refractivity contribution < 1.29 is 9.21 Å². The van der Waals surface area contributed by atoms with Gasteiger partial charge in [0.25, 0.3) is 0 Å². The molecule has 0 spiro atoms. The third-order valence-corrected chi connectivity index (χ3v) is 3.20. The van der Waals surface area contributed by atoms with Crippen molar-refractivity contribution in [2.75, 3.05) is 5.32 Å². The zero-order chi connectivity index (χ0) is 12.7.